The lowest BCUT2D eigenvalue weighted by molar-refractivity contribution is 0.282. The van der Waals surface area contributed by atoms with Crippen LogP contribution in [0.5, 0.6) is 5.75 Å². The maximum atomic E-state index is 9.10. The third kappa shape index (κ3) is 3.76. The Hall–Kier alpha value is -2.00. The molecule has 0 bridgehead atoms. The maximum Gasteiger partial charge on any atom is 0.122 e. The molecule has 3 nitrogen and oxygen atoms in total. The van der Waals surface area contributed by atoms with Crippen molar-refractivity contribution in [1.82, 2.24) is 0 Å². The van der Waals surface area contributed by atoms with Crippen LogP contribution in [0.15, 0.2) is 48.5 Å². The molecule has 0 radical (unpaired) electrons. The molecular weight excluding hydrogens is 262 g/mol. The Morgan fingerprint density at radius 2 is 1.76 bits per heavy atom. The Morgan fingerprint density at radius 3 is 2.38 bits per heavy atom. The predicted octanol–water partition coefficient (Wildman–Crippen LogP) is 3.25. The van der Waals surface area contributed by atoms with Gasteiger partial charge >= 0.3 is 0 Å². The molecule has 3 heteroatoms. The molecule has 2 rings (SSSR count). The highest BCUT2D eigenvalue weighted by molar-refractivity contribution is 5.48. The average Bonchev–Trinajstić information content (AvgIpc) is 2.54. The number of hydrogen-bond acceptors (Lipinski definition) is 3. The van der Waals surface area contributed by atoms with Crippen LogP contribution in [0.3, 0.4) is 0 Å². The van der Waals surface area contributed by atoms with Crippen molar-refractivity contribution < 1.29 is 9.84 Å². The highest BCUT2D eigenvalue weighted by Crippen LogP contribution is 2.23. The molecule has 0 aliphatic heterocycles. The zero-order chi connectivity index (χ0) is 15.2. The summed E-state index contributed by atoms with van der Waals surface area (Å²) in [7, 11) is 3.80. The Balaban J connectivity index is 2.09. The van der Waals surface area contributed by atoms with Crippen molar-refractivity contribution in [3.63, 3.8) is 0 Å². The van der Waals surface area contributed by atoms with Crippen molar-refractivity contribution in [3.05, 3.63) is 59.7 Å². The van der Waals surface area contributed by atoms with E-state index in [1.807, 2.05) is 42.5 Å². The van der Waals surface area contributed by atoms with Crippen LogP contribution in [-0.4, -0.2) is 25.3 Å². The summed E-state index contributed by atoms with van der Waals surface area (Å²) in [6, 6.07) is 16.5. The number of aliphatic hydroxyl groups excluding tert-OH is 1. The molecule has 0 aliphatic carbocycles. The fraction of sp³-hybridized carbons (Fsp3) is 0.333. The second-order valence-electron chi connectivity index (χ2n) is 5.30. The third-order valence-corrected chi connectivity index (χ3v) is 3.90. The van der Waals surface area contributed by atoms with E-state index in [1.54, 1.807) is 7.11 Å². The summed E-state index contributed by atoms with van der Waals surface area (Å²) in [6.45, 7) is 2.28. The molecule has 1 N–H and O–H groups in total. The van der Waals surface area contributed by atoms with Gasteiger partial charge in [0, 0.05) is 18.8 Å². The summed E-state index contributed by atoms with van der Waals surface area (Å²) in [4.78, 5) is 2.24. The van der Waals surface area contributed by atoms with Gasteiger partial charge in [-0.3, -0.25) is 0 Å². The lowest BCUT2D eigenvalue weighted by Gasteiger charge is -2.27. The highest BCUT2D eigenvalue weighted by atomic mass is 16.5. The van der Waals surface area contributed by atoms with Crippen molar-refractivity contribution in [3.8, 4) is 5.75 Å². The van der Waals surface area contributed by atoms with Gasteiger partial charge in [-0.2, -0.15) is 0 Å². The summed E-state index contributed by atoms with van der Waals surface area (Å²) in [6.07, 6.45) is 0.919. The summed E-state index contributed by atoms with van der Waals surface area (Å²) < 4.78 is 5.42. The standard InChI is InChI=1S/C18H23NO2/c1-14(12-16-6-4-5-7-18(16)21-3)19(2)17-10-8-15(13-20)9-11-17/h4-11,14,20H,12-13H2,1-3H3. The number of benzene rings is 2. The smallest absolute Gasteiger partial charge is 0.122 e. The molecule has 21 heavy (non-hydrogen) atoms. The lowest BCUT2D eigenvalue weighted by Crippen LogP contribution is -2.30. The van der Waals surface area contributed by atoms with E-state index >= 15 is 0 Å². The molecule has 1 atom stereocenters. The zero-order valence-electron chi connectivity index (χ0n) is 12.9. The van der Waals surface area contributed by atoms with Crippen molar-refractivity contribution in [2.45, 2.75) is 26.0 Å². The van der Waals surface area contributed by atoms with Gasteiger partial charge in [0.2, 0.25) is 0 Å². The van der Waals surface area contributed by atoms with Gasteiger partial charge in [0.25, 0.3) is 0 Å². The first-order chi connectivity index (χ1) is 10.2. The minimum atomic E-state index is 0.0841. The first kappa shape index (κ1) is 15.4. The van der Waals surface area contributed by atoms with E-state index in [4.69, 9.17) is 9.84 Å². The van der Waals surface area contributed by atoms with Crippen LogP contribution in [0.4, 0.5) is 5.69 Å². The number of nitrogens with zero attached hydrogens (tertiary/aromatic N) is 1. The van der Waals surface area contributed by atoms with Gasteiger partial charge in [-0.1, -0.05) is 30.3 Å². The Kier molecular flexibility index (Phi) is 5.23. The van der Waals surface area contributed by atoms with Gasteiger partial charge < -0.3 is 14.7 Å². The van der Waals surface area contributed by atoms with Crippen molar-refractivity contribution in [2.24, 2.45) is 0 Å². The van der Waals surface area contributed by atoms with E-state index in [0.29, 0.717) is 6.04 Å². The molecule has 1 unspecified atom stereocenters. The molecule has 0 aliphatic rings. The number of rotatable bonds is 6. The second kappa shape index (κ2) is 7.14. The Bertz CT molecular complexity index is 566. The first-order valence-electron chi connectivity index (χ1n) is 7.20. The number of hydrogen-bond donors (Lipinski definition) is 1. The first-order valence-corrected chi connectivity index (χ1v) is 7.20. The number of ether oxygens (including phenoxy) is 1. The third-order valence-electron chi connectivity index (χ3n) is 3.90. The summed E-state index contributed by atoms with van der Waals surface area (Å²) in [5.74, 6) is 0.938. The topological polar surface area (TPSA) is 32.7 Å². The fourth-order valence-corrected chi connectivity index (χ4v) is 2.42. The molecule has 0 saturated heterocycles. The molecule has 112 valence electrons. The van der Waals surface area contributed by atoms with E-state index < -0.39 is 0 Å². The van der Waals surface area contributed by atoms with E-state index in [0.717, 1.165) is 23.4 Å². The van der Waals surface area contributed by atoms with Crippen molar-refractivity contribution in [1.29, 1.82) is 0 Å². The molecule has 2 aromatic carbocycles. The molecule has 0 saturated carbocycles. The number of para-hydroxylation sites is 1. The van der Waals surface area contributed by atoms with E-state index in [-0.39, 0.29) is 6.61 Å². The van der Waals surface area contributed by atoms with Gasteiger partial charge in [0.1, 0.15) is 5.75 Å². The number of anilines is 1. The maximum absolute atomic E-state index is 9.10. The SMILES string of the molecule is COc1ccccc1CC(C)N(C)c1ccc(CO)cc1. The summed E-state index contributed by atoms with van der Waals surface area (Å²) in [5, 5.41) is 9.10. The summed E-state index contributed by atoms with van der Waals surface area (Å²) in [5.41, 5.74) is 3.30. The minimum Gasteiger partial charge on any atom is -0.496 e. The van der Waals surface area contributed by atoms with Gasteiger partial charge in [-0.05, 0) is 42.7 Å². The fourth-order valence-electron chi connectivity index (χ4n) is 2.42. The predicted molar refractivity (Wildman–Crippen MR) is 86.9 cm³/mol. The molecule has 0 fully saturated rings. The molecule has 0 heterocycles. The van der Waals surface area contributed by atoms with Gasteiger partial charge in [-0.15, -0.1) is 0 Å². The molecule has 0 amide bonds. The van der Waals surface area contributed by atoms with Crippen LogP contribution < -0.4 is 9.64 Å². The van der Waals surface area contributed by atoms with Crippen LogP contribution in [-0.2, 0) is 13.0 Å². The molecule has 0 aromatic heterocycles. The Morgan fingerprint density at radius 1 is 1.10 bits per heavy atom. The van der Waals surface area contributed by atoms with Crippen LogP contribution in [0, 0.1) is 0 Å². The van der Waals surface area contributed by atoms with Crippen molar-refractivity contribution in [2.75, 3.05) is 19.1 Å². The normalized spacial score (nSPS) is 12.0. The average molecular weight is 285 g/mol. The van der Waals surface area contributed by atoms with Gasteiger partial charge in [0.15, 0.2) is 0 Å². The highest BCUT2D eigenvalue weighted by Gasteiger charge is 2.13. The zero-order valence-corrected chi connectivity index (χ0v) is 12.9. The Labute approximate surface area is 126 Å². The number of methoxy groups -OCH3 is 1. The van der Waals surface area contributed by atoms with Crippen molar-refractivity contribution >= 4 is 5.69 Å². The van der Waals surface area contributed by atoms with Crippen LogP contribution >= 0.6 is 0 Å². The monoisotopic (exact) mass is 285 g/mol. The van der Waals surface area contributed by atoms with E-state index in [1.165, 1.54) is 5.56 Å². The second-order valence-corrected chi connectivity index (χ2v) is 5.30. The quantitative estimate of drug-likeness (QED) is 0.884. The van der Waals surface area contributed by atoms with Gasteiger partial charge in [-0.25, -0.2) is 0 Å². The summed E-state index contributed by atoms with van der Waals surface area (Å²) >= 11 is 0. The lowest BCUT2D eigenvalue weighted by atomic mass is 10.0. The van der Waals surface area contributed by atoms with Crippen LogP contribution in [0.2, 0.25) is 0 Å². The largest absolute Gasteiger partial charge is 0.496 e. The van der Waals surface area contributed by atoms with E-state index in [2.05, 4.69) is 24.9 Å². The number of likely N-dealkylation sites (N-methyl/N-ethyl adjacent to an activating group) is 1. The molecule has 0 spiro atoms. The molecular formula is C18H23NO2. The van der Waals surface area contributed by atoms with Gasteiger partial charge in [0.05, 0.1) is 13.7 Å². The van der Waals surface area contributed by atoms with Crippen LogP contribution in [0.25, 0.3) is 0 Å². The molecule has 2 aromatic rings. The van der Waals surface area contributed by atoms with E-state index in [9.17, 15) is 0 Å². The number of aliphatic hydroxyl groups is 1. The van der Waals surface area contributed by atoms with Crippen LogP contribution in [0.1, 0.15) is 18.1 Å². The minimum absolute atomic E-state index is 0.0841.